The van der Waals surface area contributed by atoms with Crippen LogP contribution in [0.5, 0.6) is 0 Å². The Balaban J connectivity index is 1.78. The van der Waals surface area contributed by atoms with Crippen LogP contribution < -0.4 is 5.32 Å². The highest BCUT2D eigenvalue weighted by atomic mass is 19.4. The van der Waals surface area contributed by atoms with Crippen molar-refractivity contribution in [2.75, 3.05) is 6.54 Å². The van der Waals surface area contributed by atoms with E-state index in [0.717, 1.165) is 12.8 Å². The molecular weight excluding hydrogens is 179 g/mol. The smallest absolute Gasteiger partial charge is 0.314 e. The molecule has 0 amide bonds. The van der Waals surface area contributed by atoms with Gasteiger partial charge in [-0.1, -0.05) is 6.92 Å². The summed E-state index contributed by atoms with van der Waals surface area (Å²) in [5, 5.41) is 3.15. The summed E-state index contributed by atoms with van der Waals surface area (Å²) in [7, 11) is 0. The fraction of sp³-hybridized carbons (Fsp3) is 1.00. The Bertz CT molecular complexity index is 209. The van der Waals surface area contributed by atoms with Crippen LogP contribution in [0.4, 0.5) is 13.2 Å². The molecule has 0 aliphatic heterocycles. The maximum atomic E-state index is 12.4. The molecule has 4 heteroatoms. The SMILES string of the molecule is CC1(C(F)(F)F)CC1CNC1CC1. The lowest BCUT2D eigenvalue weighted by Crippen LogP contribution is -2.28. The second kappa shape index (κ2) is 2.62. The van der Waals surface area contributed by atoms with Crippen LogP contribution in [0.25, 0.3) is 0 Å². The van der Waals surface area contributed by atoms with Gasteiger partial charge in [0.2, 0.25) is 0 Å². The quantitative estimate of drug-likeness (QED) is 0.725. The predicted molar refractivity (Wildman–Crippen MR) is 43.3 cm³/mol. The van der Waals surface area contributed by atoms with E-state index in [1.165, 1.54) is 6.92 Å². The molecule has 2 saturated carbocycles. The van der Waals surface area contributed by atoms with Gasteiger partial charge in [0.15, 0.2) is 0 Å². The van der Waals surface area contributed by atoms with Crippen LogP contribution in [-0.2, 0) is 0 Å². The van der Waals surface area contributed by atoms with Crippen LogP contribution in [0, 0.1) is 11.3 Å². The van der Waals surface area contributed by atoms with Gasteiger partial charge in [0.25, 0.3) is 0 Å². The van der Waals surface area contributed by atoms with Crippen molar-refractivity contribution in [1.82, 2.24) is 5.32 Å². The Morgan fingerprint density at radius 3 is 2.38 bits per heavy atom. The van der Waals surface area contributed by atoms with Crippen LogP contribution in [0.1, 0.15) is 26.2 Å². The van der Waals surface area contributed by atoms with Gasteiger partial charge in [-0.15, -0.1) is 0 Å². The number of hydrogen-bond donors (Lipinski definition) is 1. The van der Waals surface area contributed by atoms with Crippen LogP contribution in [0.2, 0.25) is 0 Å². The molecule has 1 N–H and O–H groups in total. The number of alkyl halides is 3. The predicted octanol–water partition coefficient (Wildman–Crippen LogP) is 2.33. The molecule has 1 nitrogen and oxygen atoms in total. The largest absolute Gasteiger partial charge is 0.394 e. The minimum atomic E-state index is -4.01. The fourth-order valence-corrected chi connectivity index (χ4v) is 1.69. The van der Waals surface area contributed by atoms with Crippen molar-refractivity contribution in [2.24, 2.45) is 11.3 Å². The first kappa shape index (κ1) is 9.31. The molecule has 2 aliphatic rings. The summed E-state index contributed by atoms with van der Waals surface area (Å²) >= 11 is 0. The van der Waals surface area contributed by atoms with Gasteiger partial charge < -0.3 is 5.32 Å². The maximum absolute atomic E-state index is 12.4. The van der Waals surface area contributed by atoms with Gasteiger partial charge in [0, 0.05) is 6.04 Å². The average molecular weight is 193 g/mol. The Kier molecular flexibility index (Phi) is 1.88. The molecule has 0 saturated heterocycles. The highest BCUT2D eigenvalue weighted by molar-refractivity contribution is 5.05. The molecule has 0 bridgehead atoms. The normalized spacial score (nSPS) is 39.2. The number of halogens is 3. The van der Waals surface area contributed by atoms with E-state index in [-0.39, 0.29) is 5.92 Å². The third-order valence-corrected chi connectivity index (χ3v) is 3.29. The zero-order valence-corrected chi connectivity index (χ0v) is 7.62. The van der Waals surface area contributed by atoms with Crippen molar-refractivity contribution in [1.29, 1.82) is 0 Å². The molecular formula is C9H14F3N. The molecule has 76 valence electrons. The molecule has 2 atom stereocenters. The topological polar surface area (TPSA) is 12.0 Å². The van der Waals surface area contributed by atoms with E-state index in [0.29, 0.717) is 19.0 Å². The van der Waals surface area contributed by atoms with Gasteiger partial charge in [0.1, 0.15) is 0 Å². The third kappa shape index (κ3) is 1.68. The standard InChI is InChI=1S/C9H14F3N/c1-8(9(10,11)12)4-6(8)5-13-7-2-3-7/h6-7,13H,2-5H2,1H3. The summed E-state index contributed by atoms with van der Waals surface area (Å²) in [5.41, 5.74) is -1.39. The first-order valence-electron chi connectivity index (χ1n) is 4.73. The van der Waals surface area contributed by atoms with Crippen LogP contribution >= 0.6 is 0 Å². The lowest BCUT2D eigenvalue weighted by molar-refractivity contribution is -0.186. The van der Waals surface area contributed by atoms with Crippen molar-refractivity contribution in [3.63, 3.8) is 0 Å². The molecule has 2 aliphatic carbocycles. The second-order valence-corrected chi connectivity index (χ2v) is 4.50. The van der Waals surface area contributed by atoms with E-state index in [4.69, 9.17) is 0 Å². The monoisotopic (exact) mass is 193 g/mol. The number of hydrogen-bond acceptors (Lipinski definition) is 1. The minimum absolute atomic E-state index is 0.187. The highest BCUT2D eigenvalue weighted by Crippen LogP contribution is 2.61. The summed E-state index contributed by atoms with van der Waals surface area (Å²) in [6, 6.07) is 0.512. The Hall–Kier alpha value is -0.250. The van der Waals surface area contributed by atoms with Crippen molar-refractivity contribution in [3.05, 3.63) is 0 Å². The maximum Gasteiger partial charge on any atom is 0.394 e. The summed E-state index contributed by atoms with van der Waals surface area (Å²) in [6.45, 7) is 1.87. The lowest BCUT2D eigenvalue weighted by atomic mass is 10.1. The second-order valence-electron chi connectivity index (χ2n) is 4.50. The lowest BCUT2D eigenvalue weighted by Gasteiger charge is -2.15. The zero-order valence-electron chi connectivity index (χ0n) is 7.62. The summed E-state index contributed by atoms with van der Waals surface area (Å²) < 4.78 is 37.2. The van der Waals surface area contributed by atoms with Crippen LogP contribution in [0.3, 0.4) is 0 Å². The summed E-state index contributed by atoms with van der Waals surface area (Å²) in [5.74, 6) is -0.187. The zero-order chi connectivity index (χ0) is 9.69. The molecule has 13 heavy (non-hydrogen) atoms. The molecule has 0 heterocycles. The van der Waals surface area contributed by atoms with E-state index in [9.17, 15) is 13.2 Å². The molecule has 2 fully saturated rings. The summed E-state index contributed by atoms with van der Waals surface area (Å²) in [6.07, 6.45) is -1.44. The van der Waals surface area contributed by atoms with Gasteiger partial charge >= 0.3 is 6.18 Å². The Morgan fingerprint density at radius 1 is 1.38 bits per heavy atom. The first-order valence-corrected chi connectivity index (χ1v) is 4.73. The first-order chi connectivity index (χ1) is 5.93. The molecule has 0 spiro atoms. The van der Waals surface area contributed by atoms with E-state index < -0.39 is 11.6 Å². The number of nitrogens with one attached hydrogen (secondary N) is 1. The molecule has 0 aromatic heterocycles. The molecule has 0 radical (unpaired) electrons. The molecule has 2 unspecified atom stereocenters. The Labute approximate surface area is 75.7 Å². The molecule has 0 aromatic carbocycles. The van der Waals surface area contributed by atoms with Crippen LogP contribution in [-0.4, -0.2) is 18.8 Å². The van der Waals surface area contributed by atoms with Crippen molar-refractivity contribution >= 4 is 0 Å². The van der Waals surface area contributed by atoms with Crippen molar-refractivity contribution in [2.45, 2.75) is 38.4 Å². The summed E-state index contributed by atoms with van der Waals surface area (Å²) in [4.78, 5) is 0. The highest BCUT2D eigenvalue weighted by Gasteiger charge is 2.66. The van der Waals surface area contributed by atoms with Crippen LogP contribution in [0.15, 0.2) is 0 Å². The van der Waals surface area contributed by atoms with E-state index in [1.54, 1.807) is 0 Å². The average Bonchev–Trinajstić information content (AvgIpc) is 2.79. The van der Waals surface area contributed by atoms with E-state index in [2.05, 4.69) is 5.32 Å². The van der Waals surface area contributed by atoms with Gasteiger partial charge in [-0.05, 0) is 31.7 Å². The Morgan fingerprint density at radius 2 is 2.00 bits per heavy atom. The van der Waals surface area contributed by atoms with Gasteiger partial charge in [-0.25, -0.2) is 0 Å². The van der Waals surface area contributed by atoms with E-state index in [1.807, 2.05) is 0 Å². The van der Waals surface area contributed by atoms with Gasteiger partial charge in [0.05, 0.1) is 5.41 Å². The third-order valence-electron chi connectivity index (χ3n) is 3.29. The van der Waals surface area contributed by atoms with Crippen molar-refractivity contribution < 1.29 is 13.2 Å². The van der Waals surface area contributed by atoms with Crippen molar-refractivity contribution in [3.8, 4) is 0 Å². The minimum Gasteiger partial charge on any atom is -0.314 e. The van der Waals surface area contributed by atoms with Gasteiger partial charge in [-0.2, -0.15) is 13.2 Å². The van der Waals surface area contributed by atoms with E-state index >= 15 is 0 Å². The fourth-order valence-electron chi connectivity index (χ4n) is 1.69. The molecule has 0 aromatic rings. The number of rotatable bonds is 3. The molecule has 2 rings (SSSR count). The van der Waals surface area contributed by atoms with Gasteiger partial charge in [-0.3, -0.25) is 0 Å².